The highest BCUT2D eigenvalue weighted by atomic mass is 79.9. The van der Waals surface area contributed by atoms with Gasteiger partial charge in [0, 0.05) is 11.0 Å². The first-order chi connectivity index (χ1) is 9.83. The van der Waals surface area contributed by atoms with Gasteiger partial charge in [0.2, 0.25) is 0 Å². The van der Waals surface area contributed by atoms with Gasteiger partial charge in [-0.15, -0.1) is 0 Å². The van der Waals surface area contributed by atoms with Gasteiger partial charge < -0.3 is 5.73 Å². The molecule has 0 fully saturated rings. The minimum atomic E-state index is -3.82. The zero-order valence-electron chi connectivity index (χ0n) is 11.2. The number of nitrogens with two attached hydrogens (primary N) is 1. The van der Waals surface area contributed by atoms with Crippen LogP contribution in [-0.4, -0.2) is 8.42 Å². The molecule has 0 saturated carbocycles. The molecule has 0 bridgehead atoms. The van der Waals surface area contributed by atoms with Gasteiger partial charge in [-0.2, -0.15) is 0 Å². The van der Waals surface area contributed by atoms with Gasteiger partial charge >= 0.3 is 0 Å². The Balaban J connectivity index is 2.47. The highest BCUT2D eigenvalue weighted by Gasteiger charge is 2.19. The van der Waals surface area contributed by atoms with Crippen molar-refractivity contribution in [1.29, 1.82) is 0 Å². The lowest BCUT2D eigenvalue weighted by Gasteiger charge is -2.13. The normalized spacial score (nSPS) is 11.4. The van der Waals surface area contributed by atoms with Crippen LogP contribution in [0.15, 0.2) is 45.8 Å². The number of benzene rings is 2. The first-order valence-corrected chi connectivity index (χ1v) is 8.38. The van der Waals surface area contributed by atoms with Crippen LogP contribution in [0.4, 0.5) is 10.1 Å². The summed E-state index contributed by atoms with van der Waals surface area (Å²) in [6.07, 6.45) is 0. The van der Waals surface area contributed by atoms with Gasteiger partial charge in [-0.3, -0.25) is 4.72 Å². The van der Waals surface area contributed by atoms with Crippen LogP contribution < -0.4 is 10.5 Å². The molecule has 0 aliphatic carbocycles. The van der Waals surface area contributed by atoms with Crippen LogP contribution in [0.25, 0.3) is 0 Å². The molecule has 3 N–H and O–H groups in total. The standard InChI is InChI=1S/C14H14BrFN2O2S/c1-9-13(15)5-10(8-17)6-14(9)21(19,20)18-12-4-2-3-11(16)7-12/h2-7,18H,8,17H2,1H3. The summed E-state index contributed by atoms with van der Waals surface area (Å²) < 4.78 is 41.1. The Morgan fingerprint density at radius 1 is 1.29 bits per heavy atom. The number of hydrogen-bond donors (Lipinski definition) is 2. The fourth-order valence-electron chi connectivity index (χ4n) is 1.87. The van der Waals surface area contributed by atoms with Gasteiger partial charge in [0.1, 0.15) is 5.82 Å². The molecule has 0 atom stereocenters. The molecule has 0 aliphatic heterocycles. The van der Waals surface area contributed by atoms with Crippen molar-refractivity contribution in [2.75, 3.05) is 4.72 Å². The van der Waals surface area contributed by atoms with Gasteiger partial charge in [0.25, 0.3) is 10.0 Å². The molecule has 0 aromatic heterocycles. The summed E-state index contributed by atoms with van der Waals surface area (Å²) in [4.78, 5) is 0.113. The molecule has 0 heterocycles. The van der Waals surface area contributed by atoms with Gasteiger partial charge in [-0.25, -0.2) is 12.8 Å². The Labute approximate surface area is 131 Å². The predicted molar refractivity (Wildman–Crippen MR) is 84.0 cm³/mol. The molecule has 0 unspecified atom stereocenters. The number of anilines is 1. The zero-order chi connectivity index (χ0) is 15.6. The monoisotopic (exact) mass is 372 g/mol. The molecule has 0 amide bonds. The molecule has 2 aromatic carbocycles. The third-order valence-electron chi connectivity index (χ3n) is 2.96. The second-order valence-electron chi connectivity index (χ2n) is 4.52. The number of nitrogens with one attached hydrogen (secondary N) is 1. The number of halogens is 2. The largest absolute Gasteiger partial charge is 0.326 e. The molecule has 0 aliphatic rings. The molecule has 0 spiro atoms. The minimum Gasteiger partial charge on any atom is -0.326 e. The van der Waals surface area contributed by atoms with Crippen molar-refractivity contribution >= 4 is 31.6 Å². The summed E-state index contributed by atoms with van der Waals surface area (Å²) in [5, 5.41) is 0. The van der Waals surface area contributed by atoms with Gasteiger partial charge in [0.05, 0.1) is 10.6 Å². The van der Waals surface area contributed by atoms with E-state index in [2.05, 4.69) is 20.7 Å². The maximum atomic E-state index is 13.1. The first kappa shape index (κ1) is 15.9. The molecule has 2 rings (SSSR count). The van der Waals surface area contributed by atoms with E-state index in [0.717, 1.165) is 6.07 Å². The van der Waals surface area contributed by atoms with Crippen LogP contribution in [0.1, 0.15) is 11.1 Å². The lowest BCUT2D eigenvalue weighted by atomic mass is 10.1. The van der Waals surface area contributed by atoms with Crippen LogP contribution in [0, 0.1) is 12.7 Å². The van der Waals surface area contributed by atoms with Crippen molar-refractivity contribution in [1.82, 2.24) is 0 Å². The highest BCUT2D eigenvalue weighted by molar-refractivity contribution is 9.10. The molecular weight excluding hydrogens is 359 g/mol. The first-order valence-electron chi connectivity index (χ1n) is 6.11. The highest BCUT2D eigenvalue weighted by Crippen LogP contribution is 2.27. The smallest absolute Gasteiger partial charge is 0.262 e. The fraction of sp³-hybridized carbons (Fsp3) is 0.143. The Morgan fingerprint density at radius 2 is 2.00 bits per heavy atom. The van der Waals surface area contributed by atoms with E-state index < -0.39 is 15.8 Å². The molecular formula is C14H14BrFN2O2S. The molecule has 7 heteroatoms. The summed E-state index contributed by atoms with van der Waals surface area (Å²) >= 11 is 3.32. The molecule has 21 heavy (non-hydrogen) atoms. The quantitative estimate of drug-likeness (QED) is 0.865. The van der Waals surface area contributed by atoms with E-state index in [0.29, 0.717) is 15.6 Å². The number of rotatable bonds is 4. The second-order valence-corrected chi connectivity index (χ2v) is 7.03. The topological polar surface area (TPSA) is 72.2 Å². The summed E-state index contributed by atoms with van der Waals surface area (Å²) in [6, 6.07) is 8.58. The Bertz CT molecular complexity index is 779. The van der Waals surface area contributed by atoms with Crippen LogP contribution in [0.3, 0.4) is 0 Å². The van der Waals surface area contributed by atoms with Crippen LogP contribution in [0.2, 0.25) is 0 Å². The average molecular weight is 373 g/mol. The predicted octanol–water partition coefficient (Wildman–Crippen LogP) is 3.16. The zero-order valence-corrected chi connectivity index (χ0v) is 13.6. The van der Waals surface area contributed by atoms with E-state index >= 15 is 0 Å². The summed E-state index contributed by atoms with van der Waals surface area (Å²) in [6.45, 7) is 1.91. The van der Waals surface area contributed by atoms with E-state index in [1.165, 1.54) is 24.3 Å². The maximum absolute atomic E-state index is 13.1. The second kappa shape index (κ2) is 6.13. The van der Waals surface area contributed by atoms with Gasteiger partial charge in [-0.05, 0) is 48.4 Å². The number of sulfonamides is 1. The third kappa shape index (κ3) is 3.61. The van der Waals surface area contributed by atoms with E-state index in [9.17, 15) is 12.8 Å². The van der Waals surface area contributed by atoms with Crippen LogP contribution >= 0.6 is 15.9 Å². The molecule has 0 radical (unpaired) electrons. The summed E-state index contributed by atoms with van der Waals surface area (Å²) in [5.74, 6) is -0.510. The van der Waals surface area contributed by atoms with Gasteiger partial charge in [0.15, 0.2) is 0 Å². The fourth-order valence-corrected chi connectivity index (χ4v) is 3.87. The summed E-state index contributed by atoms with van der Waals surface area (Å²) in [7, 11) is -3.82. The maximum Gasteiger partial charge on any atom is 0.262 e. The third-order valence-corrected chi connectivity index (χ3v) is 5.29. The molecule has 2 aromatic rings. The van der Waals surface area contributed by atoms with Crippen LogP contribution in [-0.2, 0) is 16.6 Å². The minimum absolute atomic E-state index is 0.113. The van der Waals surface area contributed by atoms with Gasteiger partial charge in [-0.1, -0.05) is 22.0 Å². The lowest BCUT2D eigenvalue weighted by Crippen LogP contribution is -2.15. The Kier molecular flexibility index (Phi) is 4.65. The van der Waals surface area contributed by atoms with Crippen molar-refractivity contribution in [3.8, 4) is 0 Å². The van der Waals surface area contributed by atoms with Crippen LogP contribution in [0.5, 0.6) is 0 Å². The molecule has 0 saturated heterocycles. The van der Waals surface area contributed by atoms with Crippen molar-refractivity contribution < 1.29 is 12.8 Å². The molecule has 4 nitrogen and oxygen atoms in total. The molecule has 112 valence electrons. The summed E-state index contributed by atoms with van der Waals surface area (Å²) in [5.41, 5.74) is 6.99. The van der Waals surface area contributed by atoms with Crippen molar-refractivity contribution in [3.05, 3.63) is 57.8 Å². The van der Waals surface area contributed by atoms with Crippen molar-refractivity contribution in [2.45, 2.75) is 18.4 Å². The van der Waals surface area contributed by atoms with Crippen molar-refractivity contribution in [3.63, 3.8) is 0 Å². The van der Waals surface area contributed by atoms with E-state index in [1.807, 2.05) is 0 Å². The van der Waals surface area contributed by atoms with E-state index in [4.69, 9.17) is 5.73 Å². The van der Waals surface area contributed by atoms with E-state index in [1.54, 1.807) is 13.0 Å². The SMILES string of the molecule is Cc1c(Br)cc(CN)cc1S(=O)(=O)Nc1cccc(F)c1. The number of hydrogen-bond acceptors (Lipinski definition) is 3. The Morgan fingerprint density at radius 3 is 2.62 bits per heavy atom. The van der Waals surface area contributed by atoms with E-state index in [-0.39, 0.29) is 17.1 Å². The Hall–Kier alpha value is -1.44. The lowest BCUT2D eigenvalue weighted by molar-refractivity contribution is 0.600. The average Bonchev–Trinajstić information content (AvgIpc) is 2.41. The van der Waals surface area contributed by atoms with Crippen molar-refractivity contribution in [2.24, 2.45) is 5.73 Å².